The predicted octanol–water partition coefficient (Wildman–Crippen LogP) is -6.30. The van der Waals surface area contributed by atoms with Crippen LogP contribution in [0.25, 0.3) is 0 Å². The van der Waals surface area contributed by atoms with Crippen LogP contribution in [-0.4, -0.2) is 148 Å². The van der Waals surface area contributed by atoms with Gasteiger partial charge in [-0.1, -0.05) is 38.7 Å². The van der Waals surface area contributed by atoms with E-state index in [1.54, 1.807) is 6.08 Å². The molecule has 10 amide bonds. The van der Waals surface area contributed by atoms with Crippen molar-refractivity contribution in [3.8, 4) is 0 Å². The quantitative estimate of drug-likeness (QED) is 0.0228. The third-order valence-electron chi connectivity index (χ3n) is 8.55. The summed E-state index contributed by atoms with van der Waals surface area (Å²) >= 11 is 0. The number of amides is 10. The lowest BCUT2D eigenvalue weighted by atomic mass is 10.1. The number of carbonyl (C=O) groups excluding carboxylic acids is 9. The molecule has 0 saturated carbocycles. The summed E-state index contributed by atoms with van der Waals surface area (Å²) in [6.07, 6.45) is 3.86. The van der Waals surface area contributed by atoms with Crippen molar-refractivity contribution in [3.05, 3.63) is 12.2 Å². The van der Waals surface area contributed by atoms with E-state index >= 15 is 0 Å². The third-order valence-corrected chi connectivity index (χ3v) is 8.55. The molecule has 0 spiro atoms. The molecule has 0 bridgehead atoms. The van der Waals surface area contributed by atoms with Crippen LogP contribution in [0.15, 0.2) is 12.2 Å². The number of primary amides is 3. The number of unbranched alkanes of at least 4 members (excludes halogenated alkanes) is 5. The van der Waals surface area contributed by atoms with Crippen LogP contribution in [0.4, 0.5) is 4.79 Å². The van der Waals surface area contributed by atoms with E-state index in [1.807, 2.05) is 5.32 Å². The van der Waals surface area contributed by atoms with Crippen LogP contribution >= 0.6 is 0 Å². The van der Waals surface area contributed by atoms with Crippen LogP contribution < -0.4 is 60.2 Å². The number of allylic oxidation sites excluding steroid dienone is 1. The molecule has 0 saturated heterocycles. The third kappa shape index (κ3) is 22.9. The molecule has 19 N–H and O–H groups in total. The van der Waals surface area contributed by atoms with E-state index in [-0.39, 0.29) is 19.4 Å². The van der Waals surface area contributed by atoms with Gasteiger partial charge in [0.05, 0.1) is 25.4 Å². The number of nitrogens with one attached hydrogen (secondary N) is 7. The highest BCUT2D eigenvalue weighted by Crippen LogP contribution is 2.06. The highest BCUT2D eigenvalue weighted by Gasteiger charge is 2.36. The topological polar surface area (TPSA) is 423 Å². The summed E-state index contributed by atoms with van der Waals surface area (Å²) in [6.45, 7) is 1.05. The van der Waals surface area contributed by atoms with Crippen molar-refractivity contribution >= 4 is 53.3 Å². The summed E-state index contributed by atoms with van der Waals surface area (Å²) < 4.78 is 0. The van der Waals surface area contributed by atoms with Gasteiger partial charge in [0.2, 0.25) is 47.3 Å². The molecule has 0 fully saturated rings. The van der Waals surface area contributed by atoms with E-state index in [9.17, 15) is 63.6 Å². The van der Waals surface area contributed by atoms with Crippen molar-refractivity contribution in [1.29, 1.82) is 0 Å². The molecule has 59 heavy (non-hydrogen) atoms. The van der Waals surface area contributed by atoms with E-state index in [1.165, 1.54) is 13.0 Å². The molecular weight excluding hydrogens is 782 g/mol. The number of urea groups is 1. The Bertz CT molecular complexity index is 1430. The standard InChI is InChI=1S/C35H63N11O13/c1-3-4-5-6-7-8-9-12-25(51)43-21(11-10-14-41-35(39)59)30(54)45-23(18-48)32(56)44-22(13-15-40-33(57)26(37)19(2)49)31(55)46-27(28(52)29(38)53)34(58)42-20(17-47)16-24(36)50/h9,12,19-23,26-28,47-49,52H,3-8,10-11,13-18,37H2,1-2H3,(H2,36,50)(H2,38,53)(H,40,57)(H,42,58)(H,43,51)(H,44,56)(H,45,54)(H,46,55)(H3,39,41,59)/b12-9-/t19-,20+,21-,22+,23+,26+,27+,28+/m1/s1. The van der Waals surface area contributed by atoms with Gasteiger partial charge < -0.3 is 80.6 Å². The summed E-state index contributed by atoms with van der Waals surface area (Å²) in [5, 5.41) is 55.6. The Morgan fingerprint density at radius 3 is 1.80 bits per heavy atom. The van der Waals surface area contributed by atoms with E-state index in [0.29, 0.717) is 6.42 Å². The van der Waals surface area contributed by atoms with Crippen molar-refractivity contribution in [1.82, 2.24) is 37.2 Å². The van der Waals surface area contributed by atoms with E-state index in [2.05, 4.69) is 38.8 Å². The fourth-order valence-electron chi connectivity index (χ4n) is 5.15. The van der Waals surface area contributed by atoms with Gasteiger partial charge in [-0.15, -0.1) is 0 Å². The molecule has 0 aromatic rings. The highest BCUT2D eigenvalue weighted by molar-refractivity contribution is 5.98. The second-order valence-corrected chi connectivity index (χ2v) is 13.6. The first-order chi connectivity index (χ1) is 27.8. The molecule has 0 aliphatic rings. The SMILES string of the molecule is CCCCCCC/C=C\C(=O)N[C@H](CCCNC(N)=O)C(=O)N[C@@H](CO)C(=O)N[C@@H](CCNC(=O)[C@@H](N)[C@@H](C)O)C(=O)N[C@H](C(=O)N[C@H](CO)CC(N)=O)[C@H](O)C(N)=O. The van der Waals surface area contributed by atoms with Gasteiger partial charge in [0.25, 0.3) is 0 Å². The minimum Gasteiger partial charge on any atom is -0.394 e. The Morgan fingerprint density at radius 1 is 0.644 bits per heavy atom. The van der Waals surface area contributed by atoms with Crippen molar-refractivity contribution in [2.75, 3.05) is 26.3 Å². The van der Waals surface area contributed by atoms with Crippen LogP contribution in [0.1, 0.15) is 78.1 Å². The number of hydrogen-bond acceptors (Lipinski definition) is 14. The molecular formula is C35H63N11O13. The average molecular weight is 846 g/mol. The molecule has 336 valence electrons. The van der Waals surface area contributed by atoms with E-state index < -0.39 is 134 Å². The zero-order chi connectivity index (χ0) is 45.1. The molecule has 0 rings (SSSR count). The van der Waals surface area contributed by atoms with Gasteiger partial charge in [-0.05, 0) is 45.1 Å². The average Bonchev–Trinajstić information content (AvgIpc) is 3.17. The Hall–Kier alpha value is -5.43. The number of carbonyl (C=O) groups is 9. The van der Waals surface area contributed by atoms with Crippen LogP contribution in [0.5, 0.6) is 0 Å². The predicted molar refractivity (Wildman–Crippen MR) is 209 cm³/mol. The molecule has 0 aliphatic heterocycles. The molecule has 0 unspecified atom stereocenters. The van der Waals surface area contributed by atoms with Gasteiger partial charge in [0, 0.05) is 19.5 Å². The van der Waals surface area contributed by atoms with Crippen LogP contribution in [0.2, 0.25) is 0 Å². The van der Waals surface area contributed by atoms with Gasteiger partial charge in [-0.2, -0.15) is 0 Å². The minimum atomic E-state index is -2.40. The summed E-state index contributed by atoms with van der Waals surface area (Å²) in [4.78, 5) is 113. The molecule has 0 heterocycles. The molecule has 0 aromatic heterocycles. The maximum atomic E-state index is 13.6. The Morgan fingerprint density at radius 2 is 1.24 bits per heavy atom. The smallest absolute Gasteiger partial charge is 0.312 e. The summed E-state index contributed by atoms with van der Waals surface area (Å²) in [6, 6.07) is -10.6. The number of aliphatic hydroxyl groups excluding tert-OH is 4. The van der Waals surface area contributed by atoms with E-state index in [0.717, 1.165) is 32.1 Å². The fourth-order valence-corrected chi connectivity index (χ4v) is 5.15. The van der Waals surface area contributed by atoms with Gasteiger partial charge in [0.15, 0.2) is 6.10 Å². The van der Waals surface area contributed by atoms with Crippen LogP contribution in [-0.2, 0) is 38.4 Å². The van der Waals surface area contributed by atoms with Crippen molar-refractivity contribution < 1.29 is 63.6 Å². The monoisotopic (exact) mass is 845 g/mol. The second kappa shape index (κ2) is 29.7. The largest absolute Gasteiger partial charge is 0.394 e. The second-order valence-electron chi connectivity index (χ2n) is 13.6. The van der Waals surface area contributed by atoms with Crippen molar-refractivity contribution in [2.24, 2.45) is 22.9 Å². The van der Waals surface area contributed by atoms with Gasteiger partial charge in [-0.3, -0.25) is 38.4 Å². The fraction of sp³-hybridized carbons (Fsp3) is 0.686. The number of aliphatic hydroxyl groups is 4. The summed E-state index contributed by atoms with van der Waals surface area (Å²) in [5.74, 6) is -8.68. The molecule has 0 radical (unpaired) electrons. The van der Waals surface area contributed by atoms with Crippen LogP contribution in [0.3, 0.4) is 0 Å². The van der Waals surface area contributed by atoms with Crippen molar-refractivity contribution in [3.63, 3.8) is 0 Å². The van der Waals surface area contributed by atoms with Gasteiger partial charge in [0.1, 0.15) is 30.2 Å². The molecule has 24 nitrogen and oxygen atoms in total. The maximum absolute atomic E-state index is 13.6. The number of rotatable bonds is 31. The normalized spacial score (nSPS) is 15.2. The highest BCUT2D eigenvalue weighted by atomic mass is 16.3. The minimum absolute atomic E-state index is 0.0250. The first-order valence-electron chi connectivity index (χ1n) is 19.2. The maximum Gasteiger partial charge on any atom is 0.312 e. The molecule has 8 atom stereocenters. The van der Waals surface area contributed by atoms with Gasteiger partial charge >= 0.3 is 6.03 Å². The Kier molecular flexibility index (Phi) is 27.0. The van der Waals surface area contributed by atoms with E-state index in [4.69, 9.17) is 22.9 Å². The lowest BCUT2D eigenvalue weighted by molar-refractivity contribution is -0.140. The first-order valence-corrected chi connectivity index (χ1v) is 19.2. The number of hydrogen-bond donors (Lipinski definition) is 15. The molecule has 0 aliphatic carbocycles. The Labute approximate surface area is 341 Å². The number of nitrogens with two attached hydrogens (primary N) is 4. The lowest BCUT2D eigenvalue weighted by Crippen LogP contribution is -2.63. The van der Waals surface area contributed by atoms with Crippen molar-refractivity contribution in [2.45, 2.75) is 127 Å². The molecule has 24 heteroatoms. The van der Waals surface area contributed by atoms with Crippen LogP contribution in [0, 0.1) is 0 Å². The zero-order valence-electron chi connectivity index (χ0n) is 33.4. The molecule has 0 aromatic carbocycles. The zero-order valence-corrected chi connectivity index (χ0v) is 33.4. The first kappa shape index (κ1) is 53.6. The lowest BCUT2D eigenvalue weighted by Gasteiger charge is -2.28. The summed E-state index contributed by atoms with van der Waals surface area (Å²) in [7, 11) is 0. The van der Waals surface area contributed by atoms with Gasteiger partial charge in [-0.25, -0.2) is 4.79 Å². The Balaban J connectivity index is 6.29. The summed E-state index contributed by atoms with van der Waals surface area (Å²) in [5.41, 5.74) is 21.0.